The highest BCUT2D eigenvalue weighted by molar-refractivity contribution is 6.58. The van der Waals surface area contributed by atoms with Crippen LogP contribution in [-0.4, -0.2) is 14.1 Å². The molecule has 134 valence electrons. The Balaban J connectivity index is 3.63. The van der Waals surface area contributed by atoms with Gasteiger partial charge in [-0.05, 0) is 25.7 Å². The number of rotatable bonds is 18. The van der Waals surface area contributed by atoms with Crippen LogP contribution in [0.3, 0.4) is 0 Å². The van der Waals surface area contributed by atoms with Gasteiger partial charge in [-0.25, -0.2) is 0 Å². The molecule has 0 aliphatic carbocycles. The minimum Gasteiger partial charge on any atom is -0.103 e. The average Bonchev–Trinajstić information content (AvgIpc) is 2.52. The van der Waals surface area contributed by atoms with E-state index < -0.39 is 14.1 Å². The van der Waals surface area contributed by atoms with Crippen LogP contribution in [0, 0.1) is 5.92 Å². The Morgan fingerprint density at radius 2 is 1.04 bits per heavy atom. The molecule has 0 spiro atoms. The van der Waals surface area contributed by atoms with Gasteiger partial charge in [-0.15, -0.1) is 13.2 Å². The van der Waals surface area contributed by atoms with Gasteiger partial charge in [0.1, 0.15) is 0 Å². The molecule has 0 aromatic heterocycles. The number of allylic oxidation sites excluding steroid dienone is 2. The molecule has 0 aliphatic rings. The van der Waals surface area contributed by atoms with Gasteiger partial charge < -0.3 is 0 Å². The minimum atomic E-state index is -0.454. The van der Waals surface area contributed by atoms with Crippen molar-refractivity contribution in [2.75, 3.05) is 0 Å². The van der Waals surface area contributed by atoms with Crippen LogP contribution in [-0.2, 0) is 0 Å². The molecule has 0 aliphatic heterocycles. The van der Waals surface area contributed by atoms with Gasteiger partial charge in [0, 0.05) is 0 Å². The van der Waals surface area contributed by atoms with Gasteiger partial charge in [-0.1, -0.05) is 99.1 Å². The molecular formula is C22H43Al. The van der Waals surface area contributed by atoms with Gasteiger partial charge in [0.15, 0.2) is 0 Å². The molecule has 0 N–H and O–H groups in total. The van der Waals surface area contributed by atoms with Crippen LogP contribution >= 0.6 is 0 Å². The normalized spacial score (nSPS) is 10.9. The second-order valence-corrected chi connectivity index (χ2v) is 11.1. The van der Waals surface area contributed by atoms with Crippen molar-refractivity contribution in [3.8, 4) is 0 Å². The van der Waals surface area contributed by atoms with Gasteiger partial charge in [0.25, 0.3) is 14.1 Å². The Hall–Kier alpha value is 0.0125. The van der Waals surface area contributed by atoms with E-state index in [2.05, 4.69) is 39.2 Å². The van der Waals surface area contributed by atoms with E-state index in [0.29, 0.717) is 0 Å². The summed E-state index contributed by atoms with van der Waals surface area (Å²) in [5.74, 6) is 0.923. The van der Waals surface area contributed by atoms with E-state index in [1.165, 1.54) is 77.0 Å². The molecule has 0 saturated heterocycles. The van der Waals surface area contributed by atoms with Crippen molar-refractivity contribution in [2.24, 2.45) is 5.92 Å². The predicted molar refractivity (Wildman–Crippen MR) is 111 cm³/mol. The summed E-state index contributed by atoms with van der Waals surface area (Å²) < 4.78 is 0. The van der Waals surface area contributed by atoms with Crippen molar-refractivity contribution in [3.05, 3.63) is 25.3 Å². The van der Waals surface area contributed by atoms with E-state index in [-0.39, 0.29) is 0 Å². The second kappa shape index (κ2) is 18.4. The molecule has 0 fully saturated rings. The van der Waals surface area contributed by atoms with Crippen molar-refractivity contribution in [1.29, 1.82) is 0 Å². The van der Waals surface area contributed by atoms with E-state index in [9.17, 15) is 0 Å². The molecule has 0 nitrogen and oxygen atoms in total. The van der Waals surface area contributed by atoms with Crippen LogP contribution < -0.4 is 0 Å². The largest absolute Gasteiger partial charge is 0.262 e. The quantitative estimate of drug-likeness (QED) is 0.135. The van der Waals surface area contributed by atoms with Crippen LogP contribution in [0.1, 0.15) is 90.9 Å². The minimum absolute atomic E-state index is 0.454. The molecule has 0 aromatic rings. The van der Waals surface area contributed by atoms with Gasteiger partial charge in [-0.2, -0.15) is 0 Å². The molecule has 0 bridgehead atoms. The fraction of sp³-hybridized carbons (Fsp3) is 0.818. The van der Waals surface area contributed by atoms with Crippen LogP contribution in [0.2, 0.25) is 15.8 Å². The molecule has 1 heteroatoms. The molecule has 23 heavy (non-hydrogen) atoms. The van der Waals surface area contributed by atoms with Crippen LogP contribution in [0.5, 0.6) is 0 Å². The van der Waals surface area contributed by atoms with Gasteiger partial charge in [-0.3, -0.25) is 0 Å². The fourth-order valence-corrected chi connectivity index (χ4v) is 7.38. The lowest BCUT2D eigenvalue weighted by atomic mass is 10.1. The average molecular weight is 335 g/mol. The molecule has 0 unspecified atom stereocenters. The lowest BCUT2D eigenvalue weighted by Crippen LogP contribution is -2.14. The summed E-state index contributed by atoms with van der Waals surface area (Å²) in [6.07, 6.45) is 20.9. The third-order valence-corrected chi connectivity index (χ3v) is 8.90. The lowest BCUT2D eigenvalue weighted by molar-refractivity contribution is 0.624. The highest BCUT2D eigenvalue weighted by Crippen LogP contribution is 2.20. The number of hydrogen-bond acceptors (Lipinski definition) is 0. The first-order valence-corrected chi connectivity index (χ1v) is 12.9. The predicted octanol–water partition coefficient (Wildman–Crippen LogP) is 8.19. The number of hydrogen-bond donors (Lipinski definition) is 0. The zero-order chi connectivity index (χ0) is 17.2. The van der Waals surface area contributed by atoms with Crippen molar-refractivity contribution in [2.45, 2.75) is 107 Å². The molecule has 0 heterocycles. The van der Waals surface area contributed by atoms with Crippen LogP contribution in [0.4, 0.5) is 0 Å². The van der Waals surface area contributed by atoms with Gasteiger partial charge in [0.05, 0.1) is 0 Å². The summed E-state index contributed by atoms with van der Waals surface area (Å²) in [4.78, 5) is 0. The maximum Gasteiger partial charge on any atom is 0.262 e. The standard InChI is InChI=1S/2C9H17.C4H9.Al/c2*1-3-5-7-9-8-6-4-2;1-4(2)3;/h2*3H,1-2,4-9H2;4H,1H2,2-3H3;. The Morgan fingerprint density at radius 1 is 0.652 bits per heavy atom. The van der Waals surface area contributed by atoms with E-state index in [1.807, 2.05) is 0 Å². The summed E-state index contributed by atoms with van der Waals surface area (Å²) in [6, 6.07) is 0. The maximum atomic E-state index is 3.80. The third-order valence-electron chi connectivity index (χ3n) is 4.85. The molecule has 0 aromatic carbocycles. The van der Waals surface area contributed by atoms with Gasteiger partial charge >= 0.3 is 0 Å². The van der Waals surface area contributed by atoms with E-state index >= 15 is 0 Å². The molecule has 0 atom stereocenters. The smallest absolute Gasteiger partial charge is 0.103 e. The monoisotopic (exact) mass is 334 g/mol. The van der Waals surface area contributed by atoms with E-state index in [0.717, 1.165) is 5.92 Å². The Bertz CT molecular complexity index is 235. The topological polar surface area (TPSA) is 0 Å². The molecule has 0 amide bonds. The molecular weight excluding hydrogens is 291 g/mol. The van der Waals surface area contributed by atoms with Crippen molar-refractivity contribution >= 4 is 14.1 Å². The summed E-state index contributed by atoms with van der Waals surface area (Å²) in [7, 11) is 0. The van der Waals surface area contributed by atoms with Gasteiger partial charge in [0.2, 0.25) is 0 Å². The summed E-state index contributed by atoms with van der Waals surface area (Å²) in [5, 5.41) is 4.79. The van der Waals surface area contributed by atoms with Crippen molar-refractivity contribution in [1.82, 2.24) is 0 Å². The Kier molecular flexibility index (Phi) is 18.4. The maximum absolute atomic E-state index is 3.80. The molecule has 0 rings (SSSR count). The fourth-order valence-electron chi connectivity index (χ4n) is 3.55. The summed E-state index contributed by atoms with van der Waals surface area (Å²) >= 11 is -0.454. The molecule has 0 radical (unpaired) electrons. The van der Waals surface area contributed by atoms with Crippen molar-refractivity contribution in [3.63, 3.8) is 0 Å². The SMILES string of the molecule is C=CCCCCCC[CH2][Al]([CH2]CCCCCCC=C)[CH2]C(C)C. The zero-order valence-corrected chi connectivity index (χ0v) is 17.5. The first-order chi connectivity index (χ1) is 11.2. The zero-order valence-electron chi connectivity index (χ0n) is 16.3. The van der Waals surface area contributed by atoms with Crippen LogP contribution in [0.25, 0.3) is 0 Å². The van der Waals surface area contributed by atoms with Crippen molar-refractivity contribution < 1.29 is 0 Å². The highest BCUT2D eigenvalue weighted by Gasteiger charge is 2.17. The highest BCUT2D eigenvalue weighted by atomic mass is 27.2. The third kappa shape index (κ3) is 18.2. The Labute approximate surface area is 152 Å². The van der Waals surface area contributed by atoms with E-state index in [4.69, 9.17) is 0 Å². The summed E-state index contributed by atoms with van der Waals surface area (Å²) in [6.45, 7) is 12.4. The second-order valence-electron chi connectivity index (χ2n) is 7.76. The lowest BCUT2D eigenvalue weighted by Gasteiger charge is -2.14. The summed E-state index contributed by atoms with van der Waals surface area (Å²) in [5.41, 5.74) is 0. The Morgan fingerprint density at radius 3 is 1.43 bits per heavy atom. The molecule has 0 saturated carbocycles. The first-order valence-electron chi connectivity index (χ1n) is 10.4. The number of unbranched alkanes of at least 4 members (excludes halogenated alkanes) is 10. The first kappa shape index (κ1) is 23.0. The van der Waals surface area contributed by atoms with Crippen LogP contribution in [0.15, 0.2) is 25.3 Å². The van der Waals surface area contributed by atoms with E-state index in [1.54, 1.807) is 15.8 Å².